The SMILES string of the molecule is BrCCCc1cc(Br)co1. The smallest absolute Gasteiger partial charge is 0.105 e. The van der Waals surface area contributed by atoms with Crippen molar-refractivity contribution in [2.45, 2.75) is 12.8 Å². The van der Waals surface area contributed by atoms with E-state index in [4.69, 9.17) is 4.42 Å². The molecular formula is C7H8Br2O. The van der Waals surface area contributed by atoms with Crippen LogP contribution in [0.5, 0.6) is 0 Å². The molecule has 0 amide bonds. The van der Waals surface area contributed by atoms with Gasteiger partial charge in [-0.25, -0.2) is 0 Å². The van der Waals surface area contributed by atoms with E-state index in [0.717, 1.165) is 28.4 Å². The van der Waals surface area contributed by atoms with Gasteiger partial charge < -0.3 is 4.42 Å². The first-order chi connectivity index (χ1) is 4.83. The van der Waals surface area contributed by atoms with Crippen LogP contribution in [-0.2, 0) is 6.42 Å². The lowest BCUT2D eigenvalue weighted by atomic mass is 10.3. The van der Waals surface area contributed by atoms with Crippen molar-refractivity contribution in [3.63, 3.8) is 0 Å². The summed E-state index contributed by atoms with van der Waals surface area (Å²) in [4.78, 5) is 0. The molecule has 0 radical (unpaired) electrons. The zero-order valence-corrected chi connectivity index (χ0v) is 8.61. The van der Waals surface area contributed by atoms with Crippen LogP contribution in [0.4, 0.5) is 0 Å². The number of alkyl halides is 1. The number of furan rings is 1. The average Bonchev–Trinajstić information content (AvgIpc) is 2.31. The highest BCUT2D eigenvalue weighted by molar-refractivity contribution is 9.10. The first-order valence-corrected chi connectivity index (χ1v) is 5.03. The summed E-state index contributed by atoms with van der Waals surface area (Å²) in [5.74, 6) is 1.05. The molecule has 1 rings (SSSR count). The number of halogens is 2. The van der Waals surface area contributed by atoms with Gasteiger partial charge in [0.1, 0.15) is 12.0 Å². The third-order valence-electron chi connectivity index (χ3n) is 1.18. The fraction of sp³-hybridized carbons (Fsp3) is 0.429. The van der Waals surface area contributed by atoms with E-state index in [9.17, 15) is 0 Å². The third-order valence-corrected chi connectivity index (χ3v) is 2.16. The zero-order chi connectivity index (χ0) is 7.40. The molecule has 1 aromatic rings. The van der Waals surface area contributed by atoms with Crippen LogP contribution >= 0.6 is 31.9 Å². The molecule has 3 heteroatoms. The Morgan fingerprint density at radius 2 is 2.30 bits per heavy atom. The summed E-state index contributed by atoms with van der Waals surface area (Å²) in [6, 6.07) is 2.00. The minimum atomic E-state index is 1.01. The molecule has 0 saturated heterocycles. The quantitative estimate of drug-likeness (QED) is 0.766. The Kier molecular flexibility index (Phi) is 3.49. The molecule has 0 bridgehead atoms. The summed E-state index contributed by atoms with van der Waals surface area (Å²) in [5, 5.41) is 1.03. The maximum absolute atomic E-state index is 5.20. The standard InChI is InChI=1S/C7H8Br2O/c8-3-1-2-7-4-6(9)5-10-7/h4-5H,1-3H2. The van der Waals surface area contributed by atoms with E-state index in [1.54, 1.807) is 6.26 Å². The van der Waals surface area contributed by atoms with Crippen LogP contribution in [0, 0.1) is 0 Å². The first kappa shape index (κ1) is 8.34. The minimum absolute atomic E-state index is 1.01. The largest absolute Gasteiger partial charge is 0.468 e. The van der Waals surface area contributed by atoms with Crippen LogP contribution in [0.2, 0.25) is 0 Å². The van der Waals surface area contributed by atoms with Crippen molar-refractivity contribution in [2.24, 2.45) is 0 Å². The minimum Gasteiger partial charge on any atom is -0.468 e. The normalized spacial score (nSPS) is 10.2. The van der Waals surface area contributed by atoms with Crippen molar-refractivity contribution in [1.82, 2.24) is 0 Å². The third kappa shape index (κ3) is 2.46. The number of rotatable bonds is 3. The fourth-order valence-corrected chi connectivity index (χ4v) is 1.36. The van der Waals surface area contributed by atoms with Gasteiger partial charge in [0.15, 0.2) is 0 Å². The molecule has 1 aromatic heterocycles. The highest BCUT2D eigenvalue weighted by atomic mass is 79.9. The summed E-state index contributed by atoms with van der Waals surface area (Å²) >= 11 is 6.68. The molecule has 56 valence electrons. The van der Waals surface area contributed by atoms with Crippen molar-refractivity contribution in [1.29, 1.82) is 0 Å². The van der Waals surface area contributed by atoms with Gasteiger partial charge in [-0.3, -0.25) is 0 Å². The summed E-state index contributed by atoms with van der Waals surface area (Å²) in [6.07, 6.45) is 3.85. The van der Waals surface area contributed by atoms with E-state index in [1.165, 1.54) is 0 Å². The van der Waals surface area contributed by atoms with E-state index < -0.39 is 0 Å². The predicted molar refractivity (Wildman–Crippen MR) is 48.5 cm³/mol. The van der Waals surface area contributed by atoms with Crippen molar-refractivity contribution < 1.29 is 4.42 Å². The zero-order valence-electron chi connectivity index (χ0n) is 5.44. The summed E-state index contributed by atoms with van der Waals surface area (Å²) in [6.45, 7) is 0. The van der Waals surface area contributed by atoms with Crippen LogP contribution < -0.4 is 0 Å². The molecule has 0 aliphatic carbocycles. The highest BCUT2D eigenvalue weighted by Crippen LogP contribution is 2.15. The molecule has 0 spiro atoms. The number of aryl methyl sites for hydroxylation is 1. The predicted octanol–water partition coefficient (Wildman–Crippen LogP) is 3.37. The van der Waals surface area contributed by atoms with Gasteiger partial charge in [0.25, 0.3) is 0 Å². The van der Waals surface area contributed by atoms with Gasteiger partial charge in [-0.05, 0) is 28.4 Å². The van der Waals surface area contributed by atoms with Crippen molar-refractivity contribution in [3.8, 4) is 0 Å². The van der Waals surface area contributed by atoms with Gasteiger partial charge in [0, 0.05) is 11.8 Å². The highest BCUT2D eigenvalue weighted by Gasteiger charge is 1.97. The van der Waals surface area contributed by atoms with E-state index in [2.05, 4.69) is 31.9 Å². The Morgan fingerprint density at radius 3 is 2.80 bits per heavy atom. The Balaban J connectivity index is 2.42. The monoisotopic (exact) mass is 266 g/mol. The van der Waals surface area contributed by atoms with Gasteiger partial charge in [-0.1, -0.05) is 15.9 Å². The molecule has 10 heavy (non-hydrogen) atoms. The summed E-state index contributed by atoms with van der Waals surface area (Å²) < 4.78 is 6.22. The maximum atomic E-state index is 5.20. The lowest BCUT2D eigenvalue weighted by Crippen LogP contribution is -1.80. The Bertz CT molecular complexity index is 195. The van der Waals surface area contributed by atoms with E-state index in [1.807, 2.05) is 6.07 Å². The lowest BCUT2D eigenvalue weighted by Gasteiger charge is -1.89. The molecule has 0 unspecified atom stereocenters. The topological polar surface area (TPSA) is 13.1 Å². The number of hydrogen-bond donors (Lipinski definition) is 0. The van der Waals surface area contributed by atoms with E-state index in [0.29, 0.717) is 0 Å². The van der Waals surface area contributed by atoms with Crippen molar-refractivity contribution >= 4 is 31.9 Å². The summed E-state index contributed by atoms with van der Waals surface area (Å²) in [5.41, 5.74) is 0. The Labute approximate surface area is 77.1 Å². The molecule has 0 aliphatic heterocycles. The molecule has 0 fully saturated rings. The Morgan fingerprint density at radius 1 is 1.50 bits per heavy atom. The van der Waals surface area contributed by atoms with Crippen molar-refractivity contribution in [3.05, 3.63) is 22.6 Å². The van der Waals surface area contributed by atoms with Gasteiger partial charge in [0.2, 0.25) is 0 Å². The van der Waals surface area contributed by atoms with Gasteiger partial charge in [0.05, 0.1) is 4.47 Å². The summed E-state index contributed by atoms with van der Waals surface area (Å²) in [7, 11) is 0. The van der Waals surface area contributed by atoms with Crippen LogP contribution in [-0.4, -0.2) is 5.33 Å². The Hall–Kier alpha value is 0.240. The van der Waals surface area contributed by atoms with E-state index in [-0.39, 0.29) is 0 Å². The molecule has 1 nitrogen and oxygen atoms in total. The second kappa shape index (κ2) is 4.19. The lowest BCUT2D eigenvalue weighted by molar-refractivity contribution is 0.506. The van der Waals surface area contributed by atoms with Gasteiger partial charge in [-0.15, -0.1) is 0 Å². The van der Waals surface area contributed by atoms with Gasteiger partial charge in [-0.2, -0.15) is 0 Å². The van der Waals surface area contributed by atoms with Crippen LogP contribution in [0.1, 0.15) is 12.2 Å². The molecule has 0 aromatic carbocycles. The molecular weight excluding hydrogens is 260 g/mol. The molecule has 0 aliphatic rings. The second-order valence-corrected chi connectivity index (χ2v) is 3.73. The molecule has 0 N–H and O–H groups in total. The van der Waals surface area contributed by atoms with Gasteiger partial charge >= 0.3 is 0 Å². The number of hydrogen-bond acceptors (Lipinski definition) is 1. The van der Waals surface area contributed by atoms with Crippen LogP contribution in [0.3, 0.4) is 0 Å². The average molecular weight is 268 g/mol. The van der Waals surface area contributed by atoms with E-state index >= 15 is 0 Å². The van der Waals surface area contributed by atoms with Crippen molar-refractivity contribution in [2.75, 3.05) is 5.33 Å². The molecule has 1 heterocycles. The van der Waals surface area contributed by atoms with Crippen LogP contribution in [0.15, 0.2) is 21.2 Å². The fourth-order valence-electron chi connectivity index (χ4n) is 0.726. The first-order valence-electron chi connectivity index (χ1n) is 3.12. The van der Waals surface area contributed by atoms with Crippen LogP contribution in [0.25, 0.3) is 0 Å². The molecule has 0 saturated carbocycles. The second-order valence-electron chi connectivity index (χ2n) is 2.02. The maximum Gasteiger partial charge on any atom is 0.105 e. The molecule has 0 atom stereocenters.